The van der Waals surface area contributed by atoms with E-state index in [1.165, 1.54) is 31.3 Å². The molecule has 5 nitrogen and oxygen atoms in total. The highest BCUT2D eigenvalue weighted by molar-refractivity contribution is 6.08. The second-order valence-electron chi connectivity index (χ2n) is 5.11. The van der Waals surface area contributed by atoms with E-state index in [0.29, 0.717) is 5.69 Å². The van der Waals surface area contributed by atoms with Gasteiger partial charge in [-0.3, -0.25) is 4.99 Å². The molecule has 0 radical (unpaired) electrons. The van der Waals surface area contributed by atoms with Gasteiger partial charge in [-0.1, -0.05) is 29.8 Å². The van der Waals surface area contributed by atoms with Gasteiger partial charge in [0.05, 0.1) is 0 Å². The van der Waals surface area contributed by atoms with Crippen LogP contribution in [0.4, 0.5) is 18.9 Å². The average Bonchev–Trinajstić information content (AvgIpc) is 2.55. The zero-order valence-electron chi connectivity index (χ0n) is 13.6. The summed E-state index contributed by atoms with van der Waals surface area (Å²) in [6.07, 6.45) is -4.72. The number of nitrogens with zero attached hydrogens (tertiary/aromatic N) is 2. The molecular weight excluding hydrogens is 333 g/mol. The van der Waals surface area contributed by atoms with E-state index in [0.717, 1.165) is 11.1 Å². The van der Waals surface area contributed by atoms with Crippen molar-refractivity contribution in [1.29, 1.82) is 0 Å². The maximum Gasteiger partial charge on any atom is 0.573 e. The number of guanidine groups is 1. The summed E-state index contributed by atoms with van der Waals surface area (Å²) in [7, 11) is 1.52. The Morgan fingerprint density at radius 2 is 1.64 bits per heavy atom. The first-order valence-corrected chi connectivity index (χ1v) is 7.27. The average molecular weight is 350 g/mol. The van der Waals surface area contributed by atoms with Crippen LogP contribution >= 0.6 is 0 Å². The second kappa shape index (κ2) is 7.69. The summed E-state index contributed by atoms with van der Waals surface area (Å²) in [5.41, 5.74) is 8.28. The molecule has 0 spiro atoms. The van der Waals surface area contributed by atoms with Crippen LogP contribution in [0.25, 0.3) is 0 Å². The van der Waals surface area contributed by atoms with E-state index >= 15 is 0 Å². The molecule has 0 amide bonds. The number of ether oxygens (including phenoxy) is 1. The van der Waals surface area contributed by atoms with Gasteiger partial charge >= 0.3 is 6.36 Å². The summed E-state index contributed by atoms with van der Waals surface area (Å²) in [6, 6.07) is 12.7. The molecule has 0 atom stereocenters. The molecule has 0 aliphatic rings. The minimum atomic E-state index is -4.72. The number of anilines is 1. The number of alkyl halides is 3. The van der Waals surface area contributed by atoms with Crippen molar-refractivity contribution in [3.8, 4) is 5.75 Å². The third kappa shape index (κ3) is 5.83. The largest absolute Gasteiger partial charge is 0.573 e. The molecule has 8 heteroatoms. The van der Waals surface area contributed by atoms with Crippen molar-refractivity contribution in [2.24, 2.45) is 15.7 Å². The van der Waals surface area contributed by atoms with Gasteiger partial charge < -0.3 is 15.8 Å². The Hall–Kier alpha value is -3.03. The lowest BCUT2D eigenvalue weighted by atomic mass is 10.1. The number of rotatable bonds is 3. The molecule has 0 aliphatic carbocycles. The van der Waals surface area contributed by atoms with Gasteiger partial charge in [0.1, 0.15) is 11.6 Å². The molecule has 0 heterocycles. The third-order valence-corrected chi connectivity index (χ3v) is 3.13. The van der Waals surface area contributed by atoms with Crippen LogP contribution in [-0.4, -0.2) is 25.2 Å². The molecule has 25 heavy (non-hydrogen) atoms. The van der Waals surface area contributed by atoms with Crippen molar-refractivity contribution in [3.05, 3.63) is 59.7 Å². The maximum absolute atomic E-state index is 12.1. The molecule has 0 unspecified atom stereocenters. The van der Waals surface area contributed by atoms with Crippen LogP contribution in [0.1, 0.15) is 11.1 Å². The quantitative estimate of drug-likeness (QED) is 0.655. The second-order valence-corrected chi connectivity index (χ2v) is 5.11. The van der Waals surface area contributed by atoms with Gasteiger partial charge in [-0.15, -0.1) is 13.2 Å². The fraction of sp³-hybridized carbons (Fsp3) is 0.176. The first kappa shape index (κ1) is 18.3. The van der Waals surface area contributed by atoms with Crippen LogP contribution in [-0.2, 0) is 0 Å². The Labute approximate surface area is 143 Å². The van der Waals surface area contributed by atoms with Crippen LogP contribution in [0, 0.1) is 6.92 Å². The number of amidine groups is 1. The van der Waals surface area contributed by atoms with Crippen molar-refractivity contribution >= 4 is 17.5 Å². The minimum absolute atomic E-state index is 0.225. The molecule has 0 aromatic heterocycles. The summed E-state index contributed by atoms with van der Waals surface area (Å²) in [4.78, 5) is 8.17. The topological polar surface area (TPSA) is 72.0 Å². The molecule has 3 N–H and O–H groups in total. The third-order valence-electron chi connectivity index (χ3n) is 3.13. The summed E-state index contributed by atoms with van der Waals surface area (Å²) in [5, 5.41) is 2.88. The van der Waals surface area contributed by atoms with Crippen molar-refractivity contribution in [2.45, 2.75) is 13.3 Å². The van der Waals surface area contributed by atoms with Gasteiger partial charge in [-0.25, -0.2) is 0 Å². The monoisotopic (exact) mass is 350 g/mol. The molecule has 132 valence electrons. The summed E-state index contributed by atoms with van der Waals surface area (Å²) in [5.74, 6) is 0.184. The van der Waals surface area contributed by atoms with E-state index in [4.69, 9.17) is 5.73 Å². The first-order valence-electron chi connectivity index (χ1n) is 7.27. The summed E-state index contributed by atoms with van der Waals surface area (Å²) >= 11 is 0. The number of halogens is 3. The number of nitrogens with one attached hydrogen (secondary N) is 1. The molecule has 0 saturated heterocycles. The van der Waals surface area contributed by atoms with Gasteiger partial charge in [-0.2, -0.15) is 4.99 Å². The maximum atomic E-state index is 12.1. The predicted molar refractivity (Wildman–Crippen MR) is 92.0 cm³/mol. The molecule has 2 aromatic carbocycles. The Morgan fingerprint density at radius 3 is 2.16 bits per heavy atom. The van der Waals surface area contributed by atoms with Gasteiger partial charge in [0.2, 0.25) is 5.96 Å². The van der Waals surface area contributed by atoms with Crippen LogP contribution in [0.5, 0.6) is 5.75 Å². The van der Waals surface area contributed by atoms with E-state index in [1.54, 1.807) is 0 Å². The number of aliphatic imine (C=N–C) groups is 2. The molecule has 0 saturated carbocycles. The van der Waals surface area contributed by atoms with E-state index in [-0.39, 0.29) is 17.5 Å². The van der Waals surface area contributed by atoms with Crippen molar-refractivity contribution in [3.63, 3.8) is 0 Å². The highest BCUT2D eigenvalue weighted by Crippen LogP contribution is 2.24. The lowest BCUT2D eigenvalue weighted by Gasteiger charge is -2.10. The van der Waals surface area contributed by atoms with E-state index in [2.05, 4.69) is 20.0 Å². The summed E-state index contributed by atoms with van der Waals surface area (Å²) in [6.45, 7) is 1.96. The molecule has 2 aromatic rings. The Balaban J connectivity index is 2.09. The summed E-state index contributed by atoms with van der Waals surface area (Å²) < 4.78 is 40.3. The number of benzene rings is 2. The Kier molecular flexibility index (Phi) is 5.63. The standard InChI is InChI=1S/C17H17F3N4O/c1-11-3-5-12(6-4-11)15(21)24-16(22-2)23-13-7-9-14(10-8-13)25-17(18,19)20/h3-10H,1-2H3,(H3,21,22,23,24). The van der Waals surface area contributed by atoms with E-state index in [1.807, 2.05) is 31.2 Å². The fourth-order valence-corrected chi connectivity index (χ4v) is 1.91. The number of hydrogen-bond acceptors (Lipinski definition) is 2. The van der Waals surface area contributed by atoms with Crippen LogP contribution in [0.2, 0.25) is 0 Å². The lowest BCUT2D eigenvalue weighted by molar-refractivity contribution is -0.274. The fourth-order valence-electron chi connectivity index (χ4n) is 1.91. The lowest BCUT2D eigenvalue weighted by Crippen LogP contribution is -2.19. The van der Waals surface area contributed by atoms with Gasteiger partial charge in [-0.05, 0) is 31.2 Å². The highest BCUT2D eigenvalue weighted by atomic mass is 19.4. The molecule has 0 bridgehead atoms. The molecule has 0 aliphatic heterocycles. The SMILES string of the molecule is CN=C(N=C(N)c1ccc(C)cc1)Nc1ccc(OC(F)(F)F)cc1. The first-order chi connectivity index (χ1) is 11.8. The highest BCUT2D eigenvalue weighted by Gasteiger charge is 2.30. The van der Waals surface area contributed by atoms with Crippen molar-refractivity contribution < 1.29 is 17.9 Å². The van der Waals surface area contributed by atoms with Crippen molar-refractivity contribution in [2.75, 3.05) is 12.4 Å². The number of nitrogens with two attached hydrogens (primary N) is 1. The van der Waals surface area contributed by atoms with Gasteiger partial charge in [0.15, 0.2) is 0 Å². The number of aryl methyl sites for hydroxylation is 1. The zero-order chi connectivity index (χ0) is 18.4. The van der Waals surface area contributed by atoms with E-state index in [9.17, 15) is 13.2 Å². The van der Waals surface area contributed by atoms with Crippen molar-refractivity contribution in [1.82, 2.24) is 0 Å². The molecule has 2 rings (SSSR count). The molecule has 0 fully saturated rings. The predicted octanol–water partition coefficient (Wildman–Crippen LogP) is 3.70. The Morgan fingerprint density at radius 1 is 1.04 bits per heavy atom. The Bertz CT molecular complexity index is 766. The minimum Gasteiger partial charge on any atom is -0.406 e. The number of hydrogen-bond donors (Lipinski definition) is 2. The molecular formula is C17H17F3N4O. The smallest absolute Gasteiger partial charge is 0.406 e. The van der Waals surface area contributed by atoms with Gasteiger partial charge in [0.25, 0.3) is 0 Å². The van der Waals surface area contributed by atoms with Crippen LogP contribution < -0.4 is 15.8 Å². The van der Waals surface area contributed by atoms with E-state index < -0.39 is 6.36 Å². The zero-order valence-corrected chi connectivity index (χ0v) is 13.6. The van der Waals surface area contributed by atoms with Crippen LogP contribution in [0.3, 0.4) is 0 Å². The van der Waals surface area contributed by atoms with Crippen LogP contribution in [0.15, 0.2) is 58.5 Å². The van der Waals surface area contributed by atoms with Gasteiger partial charge in [0, 0.05) is 18.3 Å². The normalized spacial score (nSPS) is 12.8.